The highest BCUT2D eigenvalue weighted by atomic mass is 32.2. The van der Waals surface area contributed by atoms with Crippen LogP contribution in [-0.2, 0) is 41.9 Å². The maximum absolute atomic E-state index is 15.0. The first kappa shape index (κ1) is 40.9. The number of carbonyl (C=O) groups is 5. The Labute approximate surface area is 326 Å². The number of nitrogens with zero attached hydrogens (tertiary/aromatic N) is 1. The second-order valence-corrected chi connectivity index (χ2v) is 21.3. The Hall–Kier alpha value is -3.74. The van der Waals surface area contributed by atoms with Gasteiger partial charge in [0.05, 0.1) is 22.1 Å². The van der Waals surface area contributed by atoms with Gasteiger partial charge in [0.2, 0.25) is 17.6 Å². The highest BCUT2D eigenvalue weighted by Crippen LogP contribution is 2.65. The summed E-state index contributed by atoms with van der Waals surface area (Å²) in [7, 11) is -3.59. The number of rotatable bonds is 14. The van der Waals surface area contributed by atoms with Gasteiger partial charge in [-0.2, -0.15) is 0 Å². The summed E-state index contributed by atoms with van der Waals surface area (Å²) in [5, 5.41) is 11.6. The van der Waals surface area contributed by atoms with Crippen LogP contribution in [0.2, 0.25) is 0 Å². The fraction of sp³-hybridized carbons (Fsp3) is 0.690. The number of urea groups is 1. The smallest absolute Gasteiger partial charge is 0.315 e. The summed E-state index contributed by atoms with van der Waals surface area (Å²) in [6.07, 6.45) is 9.36. The van der Waals surface area contributed by atoms with Crippen LogP contribution in [0.4, 0.5) is 4.79 Å². The van der Waals surface area contributed by atoms with Gasteiger partial charge >= 0.3 is 6.03 Å². The number of benzene rings is 1. The van der Waals surface area contributed by atoms with Crippen LogP contribution in [-0.4, -0.2) is 90.1 Å². The lowest BCUT2D eigenvalue weighted by atomic mass is 9.80. The summed E-state index contributed by atoms with van der Waals surface area (Å²) in [5.41, 5.74) is 1.00. The van der Waals surface area contributed by atoms with E-state index in [1.807, 2.05) is 24.3 Å². The normalized spacial score (nSPS) is 25.3. The van der Waals surface area contributed by atoms with E-state index in [2.05, 4.69) is 41.7 Å². The summed E-state index contributed by atoms with van der Waals surface area (Å²) in [4.78, 5) is 71.4. The number of fused-ring (bicyclic) bond motifs is 2. The van der Waals surface area contributed by atoms with Crippen molar-refractivity contribution >= 4 is 39.4 Å². The number of Topliss-reactive ketones (excluding diaryl/α,β-unsaturated/α-hetero) is 1. The van der Waals surface area contributed by atoms with Gasteiger partial charge in [0.15, 0.2) is 9.84 Å². The van der Waals surface area contributed by atoms with Gasteiger partial charge in [-0.05, 0) is 93.1 Å². The number of hydrogen-bond donors (Lipinski definition) is 4. The zero-order chi connectivity index (χ0) is 39.9. The summed E-state index contributed by atoms with van der Waals surface area (Å²) in [6.45, 7) is 13.2. The van der Waals surface area contributed by atoms with Crippen molar-refractivity contribution in [2.75, 3.05) is 18.8 Å². The highest BCUT2D eigenvalue weighted by Gasteiger charge is 2.70. The van der Waals surface area contributed by atoms with Gasteiger partial charge < -0.3 is 26.2 Å². The third-order valence-corrected chi connectivity index (χ3v) is 16.3. The number of hydrogen-bond acceptors (Lipinski definition) is 7. The van der Waals surface area contributed by atoms with Gasteiger partial charge in [-0.25, -0.2) is 13.2 Å². The van der Waals surface area contributed by atoms with Gasteiger partial charge in [0, 0.05) is 13.1 Å². The molecule has 5 atom stereocenters. The zero-order valence-electron chi connectivity index (χ0n) is 33.2. The molecule has 4 aliphatic carbocycles. The average molecular weight is 780 g/mol. The van der Waals surface area contributed by atoms with Crippen LogP contribution in [0.5, 0.6) is 0 Å². The summed E-state index contributed by atoms with van der Waals surface area (Å²) in [5.74, 6) is -2.72. The molecule has 1 aliphatic heterocycles. The lowest BCUT2D eigenvalue weighted by molar-refractivity contribution is -0.144. The SMILES string of the molecule is C=CCNC(=O)C(=O)C(CC1CCC1)NC(=O)[C@@H]1[C@@H]2C(CN1C(=O)[C@@H](NC(=O)NC1(CS(=O)(=O)C(C)(C)C)CCCCC1)C1Cc3ccccc3C1)C2(C)C. The molecule has 2 unspecified atom stereocenters. The molecule has 0 aromatic heterocycles. The number of amides is 5. The fourth-order valence-electron chi connectivity index (χ4n) is 9.69. The van der Waals surface area contributed by atoms with Crippen LogP contribution >= 0.6 is 0 Å². The third-order valence-electron chi connectivity index (χ3n) is 13.5. The lowest BCUT2D eigenvalue weighted by Gasteiger charge is -2.40. The van der Waals surface area contributed by atoms with Gasteiger partial charge in [0.25, 0.3) is 5.91 Å². The maximum atomic E-state index is 15.0. The van der Waals surface area contributed by atoms with Crippen LogP contribution in [0, 0.1) is 29.1 Å². The molecule has 4 fully saturated rings. The van der Waals surface area contributed by atoms with Crippen LogP contribution in [0.3, 0.4) is 0 Å². The summed E-state index contributed by atoms with van der Waals surface area (Å²) in [6, 6.07) is 4.45. The Balaban J connectivity index is 1.26. The predicted octanol–water partition coefficient (Wildman–Crippen LogP) is 4.01. The Kier molecular flexibility index (Phi) is 11.6. The van der Waals surface area contributed by atoms with Gasteiger partial charge in [0.1, 0.15) is 12.1 Å². The molecule has 6 rings (SSSR count). The van der Waals surface area contributed by atoms with Crippen LogP contribution in [0.1, 0.15) is 104 Å². The number of carbonyl (C=O) groups excluding carboxylic acids is 5. The molecule has 1 heterocycles. The molecular formula is C42H61N5O7S. The maximum Gasteiger partial charge on any atom is 0.315 e. The zero-order valence-corrected chi connectivity index (χ0v) is 34.1. The standard InChI is InChI=1S/C42H61N5O7S/c1-7-20-43-37(50)35(48)31(21-26-14-13-15-26)44-36(49)34-32-30(41(32,5)6)24-47(34)38(51)33(29-22-27-16-9-10-17-28(27)23-29)45-39(52)46-42(18-11-8-12-19-42)25-55(53,54)40(2,3)4/h7,9-10,16-17,26,29-34H,1,8,11-15,18-25H2,2-6H3,(H,43,50)(H,44,49)(H2,45,46,52)/t30?,31?,32-,33-,34-/m0/s1. The van der Waals surface area contributed by atoms with E-state index >= 15 is 0 Å². The third kappa shape index (κ3) is 8.51. The van der Waals surface area contributed by atoms with E-state index in [0.717, 1.165) is 49.7 Å². The molecule has 0 bridgehead atoms. The van der Waals surface area contributed by atoms with Crippen LogP contribution in [0.25, 0.3) is 0 Å². The van der Waals surface area contributed by atoms with Crippen molar-refractivity contribution in [1.29, 1.82) is 0 Å². The Morgan fingerprint density at radius 2 is 1.60 bits per heavy atom. The summed E-state index contributed by atoms with van der Waals surface area (Å²) >= 11 is 0. The first-order valence-electron chi connectivity index (χ1n) is 20.3. The molecule has 0 spiro atoms. The first-order chi connectivity index (χ1) is 25.9. The molecular weight excluding hydrogens is 719 g/mol. The molecule has 55 heavy (non-hydrogen) atoms. The summed E-state index contributed by atoms with van der Waals surface area (Å²) < 4.78 is 26.0. The van der Waals surface area contributed by atoms with Crippen LogP contribution < -0.4 is 21.3 Å². The van der Waals surface area contributed by atoms with Gasteiger partial charge in [-0.1, -0.05) is 82.7 Å². The van der Waals surface area contributed by atoms with Crippen molar-refractivity contribution < 1.29 is 32.4 Å². The van der Waals surface area contributed by atoms with Gasteiger partial charge in [-0.3, -0.25) is 19.2 Å². The fourth-order valence-corrected chi connectivity index (χ4v) is 11.2. The highest BCUT2D eigenvalue weighted by molar-refractivity contribution is 7.92. The van der Waals surface area contributed by atoms with Gasteiger partial charge in [-0.15, -0.1) is 6.58 Å². The quantitative estimate of drug-likeness (QED) is 0.163. The van der Waals surface area contributed by atoms with E-state index < -0.39 is 61.9 Å². The molecule has 12 nitrogen and oxygen atoms in total. The van der Waals surface area contributed by atoms with E-state index in [4.69, 9.17) is 0 Å². The van der Waals surface area contributed by atoms with E-state index in [1.54, 1.807) is 25.7 Å². The Bertz CT molecular complexity index is 1770. The topological polar surface area (TPSA) is 171 Å². The van der Waals surface area contributed by atoms with Crippen molar-refractivity contribution in [3.8, 4) is 0 Å². The monoisotopic (exact) mass is 779 g/mol. The minimum atomic E-state index is -3.59. The predicted molar refractivity (Wildman–Crippen MR) is 211 cm³/mol. The van der Waals surface area contributed by atoms with E-state index in [9.17, 15) is 32.4 Å². The molecule has 1 aromatic rings. The number of nitrogens with one attached hydrogen (secondary N) is 4. The van der Waals surface area contributed by atoms with Crippen LogP contribution in [0.15, 0.2) is 36.9 Å². The molecule has 4 N–H and O–H groups in total. The van der Waals surface area contributed by atoms with Crippen molar-refractivity contribution in [2.45, 2.75) is 134 Å². The second-order valence-electron chi connectivity index (χ2n) is 18.6. The second kappa shape index (κ2) is 15.7. The van der Waals surface area contributed by atoms with Crippen molar-refractivity contribution in [1.82, 2.24) is 26.2 Å². The van der Waals surface area contributed by atoms with Crippen molar-refractivity contribution in [3.05, 3.63) is 48.0 Å². The molecule has 5 aliphatic rings. The molecule has 0 radical (unpaired) electrons. The first-order valence-corrected chi connectivity index (χ1v) is 21.9. The number of likely N-dealkylation sites (tertiary alicyclic amines) is 1. The molecule has 13 heteroatoms. The van der Waals surface area contributed by atoms with E-state index in [1.165, 1.54) is 6.08 Å². The molecule has 1 aromatic carbocycles. The molecule has 3 saturated carbocycles. The number of ketones is 1. The largest absolute Gasteiger partial charge is 0.346 e. The van der Waals surface area contributed by atoms with Crippen molar-refractivity contribution in [3.63, 3.8) is 0 Å². The number of sulfone groups is 1. The number of piperidine rings is 1. The van der Waals surface area contributed by atoms with Crippen molar-refractivity contribution in [2.24, 2.45) is 29.1 Å². The molecule has 1 saturated heterocycles. The Morgan fingerprint density at radius 3 is 2.16 bits per heavy atom. The lowest BCUT2D eigenvalue weighted by Crippen LogP contribution is -2.63. The van der Waals surface area contributed by atoms with E-state index in [0.29, 0.717) is 38.6 Å². The van der Waals surface area contributed by atoms with E-state index in [-0.39, 0.29) is 47.3 Å². The average Bonchev–Trinajstić information content (AvgIpc) is 3.46. The Morgan fingerprint density at radius 1 is 0.964 bits per heavy atom. The molecule has 302 valence electrons. The molecule has 5 amide bonds. The minimum absolute atomic E-state index is 0.0484. The minimum Gasteiger partial charge on any atom is -0.346 e.